The zero-order valence-electron chi connectivity index (χ0n) is 16.9. The molecule has 6 nitrogen and oxygen atoms in total. The first-order valence-corrected chi connectivity index (χ1v) is 9.63. The van der Waals surface area contributed by atoms with Crippen molar-refractivity contribution in [3.8, 4) is 17.0 Å². The Labute approximate surface area is 175 Å². The lowest BCUT2D eigenvalue weighted by Gasteiger charge is -2.12. The van der Waals surface area contributed by atoms with Crippen LogP contribution < -0.4 is 10.1 Å². The summed E-state index contributed by atoms with van der Waals surface area (Å²) in [6.45, 7) is 2.35. The van der Waals surface area contributed by atoms with E-state index in [1.165, 1.54) is 0 Å². The molecule has 0 radical (unpaired) electrons. The molecule has 4 rings (SSSR count). The number of nitrogens with zero attached hydrogens (tertiary/aromatic N) is 3. The molecule has 0 aliphatic rings. The number of hydrogen-bond donors (Lipinski definition) is 1. The van der Waals surface area contributed by atoms with Crippen LogP contribution in [-0.2, 0) is 13.7 Å². The van der Waals surface area contributed by atoms with Gasteiger partial charge in [-0.1, -0.05) is 18.2 Å². The molecule has 0 atom stereocenters. The minimum Gasteiger partial charge on any atom is -0.487 e. The van der Waals surface area contributed by atoms with Crippen molar-refractivity contribution in [2.75, 3.05) is 5.32 Å². The van der Waals surface area contributed by atoms with Crippen molar-refractivity contribution in [3.05, 3.63) is 95.9 Å². The maximum Gasteiger partial charge on any atom is 0.255 e. The molecule has 6 heteroatoms. The number of carbonyl (C=O) groups excluding carboxylic acids is 1. The van der Waals surface area contributed by atoms with Crippen LogP contribution in [0.2, 0.25) is 0 Å². The zero-order chi connectivity index (χ0) is 20.9. The Morgan fingerprint density at radius 1 is 1.03 bits per heavy atom. The largest absolute Gasteiger partial charge is 0.487 e. The lowest BCUT2D eigenvalue weighted by Crippen LogP contribution is -2.13. The Kier molecular flexibility index (Phi) is 5.57. The van der Waals surface area contributed by atoms with E-state index in [1.807, 2.05) is 56.4 Å². The summed E-state index contributed by atoms with van der Waals surface area (Å²) in [7, 11) is 1.89. The lowest BCUT2D eigenvalue weighted by atomic mass is 10.1. The maximum absolute atomic E-state index is 12.7. The van der Waals surface area contributed by atoms with Gasteiger partial charge in [0, 0.05) is 36.3 Å². The Morgan fingerprint density at radius 3 is 2.57 bits per heavy atom. The van der Waals surface area contributed by atoms with Gasteiger partial charge in [0.1, 0.15) is 12.4 Å². The van der Waals surface area contributed by atoms with Crippen molar-refractivity contribution in [2.24, 2.45) is 7.05 Å². The SMILES string of the molecule is Cc1ccc(-c2ccnn2C)cc1NC(=O)c1ccc(OCc2ccccn2)cc1. The summed E-state index contributed by atoms with van der Waals surface area (Å²) in [4.78, 5) is 17.0. The molecular weight excluding hydrogens is 376 g/mol. The minimum absolute atomic E-state index is 0.170. The summed E-state index contributed by atoms with van der Waals surface area (Å²) in [6.07, 6.45) is 3.49. The van der Waals surface area contributed by atoms with Crippen molar-refractivity contribution >= 4 is 11.6 Å². The monoisotopic (exact) mass is 398 g/mol. The highest BCUT2D eigenvalue weighted by Gasteiger charge is 2.11. The van der Waals surface area contributed by atoms with Gasteiger partial charge in [0.2, 0.25) is 0 Å². The number of amides is 1. The molecule has 0 saturated carbocycles. The standard InChI is InChI=1S/C24H22N4O2/c1-17-6-7-19(23-12-14-26-28(23)2)15-22(17)27-24(29)18-8-10-21(11-9-18)30-16-20-5-3-4-13-25-20/h3-15H,16H2,1-2H3,(H,27,29). The van der Waals surface area contributed by atoms with Crippen molar-refractivity contribution in [2.45, 2.75) is 13.5 Å². The van der Waals surface area contributed by atoms with Crippen molar-refractivity contribution in [3.63, 3.8) is 0 Å². The molecule has 0 saturated heterocycles. The lowest BCUT2D eigenvalue weighted by molar-refractivity contribution is 0.102. The van der Waals surface area contributed by atoms with E-state index in [4.69, 9.17) is 4.74 Å². The summed E-state index contributed by atoms with van der Waals surface area (Å²) in [5.41, 5.74) is 5.15. The van der Waals surface area contributed by atoms with Gasteiger partial charge in [0.15, 0.2) is 0 Å². The molecular formula is C24H22N4O2. The predicted octanol–water partition coefficient (Wildman–Crippen LogP) is 4.62. The predicted molar refractivity (Wildman–Crippen MR) is 116 cm³/mol. The van der Waals surface area contributed by atoms with Crippen molar-refractivity contribution < 1.29 is 9.53 Å². The molecule has 30 heavy (non-hydrogen) atoms. The van der Waals surface area contributed by atoms with Gasteiger partial charge >= 0.3 is 0 Å². The van der Waals surface area contributed by atoms with E-state index >= 15 is 0 Å². The number of benzene rings is 2. The third-order valence-corrected chi connectivity index (χ3v) is 4.83. The molecule has 2 heterocycles. The average molecular weight is 398 g/mol. The van der Waals surface area contributed by atoms with Gasteiger partial charge in [-0.25, -0.2) is 0 Å². The topological polar surface area (TPSA) is 69.0 Å². The molecule has 2 aromatic heterocycles. The van der Waals surface area contributed by atoms with Gasteiger partial charge in [-0.15, -0.1) is 0 Å². The number of aryl methyl sites for hydroxylation is 2. The molecule has 1 amide bonds. The number of rotatable bonds is 6. The number of aromatic nitrogens is 3. The van der Waals surface area contributed by atoms with Crippen LogP contribution in [0.1, 0.15) is 21.6 Å². The Balaban J connectivity index is 1.44. The molecule has 0 aliphatic carbocycles. The highest BCUT2D eigenvalue weighted by molar-refractivity contribution is 6.05. The second-order valence-electron chi connectivity index (χ2n) is 6.96. The molecule has 1 N–H and O–H groups in total. The van der Waals surface area contributed by atoms with Gasteiger partial charge in [0.05, 0.1) is 11.4 Å². The second-order valence-corrected chi connectivity index (χ2v) is 6.96. The second kappa shape index (κ2) is 8.61. The summed E-state index contributed by atoms with van der Waals surface area (Å²) in [6, 6.07) is 20.7. The molecule has 2 aromatic carbocycles. The summed E-state index contributed by atoms with van der Waals surface area (Å²) >= 11 is 0. The Morgan fingerprint density at radius 2 is 1.87 bits per heavy atom. The Hall–Kier alpha value is -3.93. The van der Waals surface area contributed by atoms with Crippen LogP contribution in [0.25, 0.3) is 11.3 Å². The number of carbonyl (C=O) groups is 1. The summed E-state index contributed by atoms with van der Waals surface area (Å²) < 4.78 is 7.54. The van der Waals surface area contributed by atoms with Crippen LogP contribution in [0.3, 0.4) is 0 Å². The summed E-state index contributed by atoms with van der Waals surface area (Å²) in [5, 5.41) is 7.22. The average Bonchev–Trinajstić information content (AvgIpc) is 3.21. The van der Waals surface area contributed by atoms with Crippen LogP contribution in [0.5, 0.6) is 5.75 Å². The molecule has 0 fully saturated rings. The van der Waals surface area contributed by atoms with Crippen molar-refractivity contribution in [1.82, 2.24) is 14.8 Å². The van der Waals surface area contributed by atoms with Gasteiger partial charge in [-0.3, -0.25) is 14.5 Å². The first-order valence-electron chi connectivity index (χ1n) is 9.63. The van der Waals surface area contributed by atoms with E-state index in [0.717, 1.165) is 28.2 Å². The van der Waals surface area contributed by atoms with E-state index < -0.39 is 0 Å². The van der Waals surface area contributed by atoms with Crippen LogP contribution in [0, 0.1) is 6.92 Å². The number of ether oxygens (including phenoxy) is 1. The fourth-order valence-corrected chi connectivity index (χ4v) is 3.11. The molecule has 0 bridgehead atoms. The van der Waals surface area contributed by atoms with Gasteiger partial charge in [0.25, 0.3) is 5.91 Å². The smallest absolute Gasteiger partial charge is 0.255 e. The van der Waals surface area contributed by atoms with Gasteiger partial charge in [-0.2, -0.15) is 5.10 Å². The van der Waals surface area contributed by atoms with Crippen LogP contribution >= 0.6 is 0 Å². The third-order valence-electron chi connectivity index (χ3n) is 4.83. The third kappa shape index (κ3) is 4.38. The van der Waals surface area contributed by atoms with Crippen LogP contribution in [0.15, 0.2) is 79.1 Å². The fraction of sp³-hybridized carbons (Fsp3) is 0.125. The van der Waals surface area contributed by atoms with E-state index in [1.54, 1.807) is 41.3 Å². The first kappa shape index (κ1) is 19.4. The van der Waals surface area contributed by atoms with E-state index in [-0.39, 0.29) is 5.91 Å². The van der Waals surface area contributed by atoms with Crippen LogP contribution in [-0.4, -0.2) is 20.7 Å². The highest BCUT2D eigenvalue weighted by atomic mass is 16.5. The molecule has 150 valence electrons. The molecule has 0 unspecified atom stereocenters. The van der Waals surface area contributed by atoms with Gasteiger partial charge < -0.3 is 10.1 Å². The molecule has 4 aromatic rings. The molecule has 0 aliphatic heterocycles. The van der Waals surface area contributed by atoms with E-state index in [2.05, 4.69) is 15.4 Å². The normalized spacial score (nSPS) is 10.6. The fourth-order valence-electron chi connectivity index (χ4n) is 3.11. The van der Waals surface area contributed by atoms with Crippen molar-refractivity contribution in [1.29, 1.82) is 0 Å². The Bertz CT molecular complexity index is 1150. The van der Waals surface area contributed by atoms with Crippen LogP contribution in [0.4, 0.5) is 5.69 Å². The number of pyridine rings is 1. The highest BCUT2D eigenvalue weighted by Crippen LogP contribution is 2.25. The summed E-state index contributed by atoms with van der Waals surface area (Å²) in [5.74, 6) is 0.517. The molecule has 0 spiro atoms. The quantitative estimate of drug-likeness (QED) is 0.514. The number of nitrogens with one attached hydrogen (secondary N) is 1. The van der Waals surface area contributed by atoms with E-state index in [9.17, 15) is 4.79 Å². The number of anilines is 1. The maximum atomic E-state index is 12.7. The zero-order valence-corrected chi connectivity index (χ0v) is 16.9. The number of hydrogen-bond acceptors (Lipinski definition) is 4. The van der Waals surface area contributed by atoms with E-state index in [0.29, 0.717) is 17.9 Å². The minimum atomic E-state index is -0.170. The van der Waals surface area contributed by atoms with Gasteiger partial charge in [-0.05, 0) is 61.0 Å². The first-order chi connectivity index (χ1) is 14.6.